The molecule has 0 bridgehead atoms. The molecule has 0 spiro atoms. The van der Waals surface area contributed by atoms with Gasteiger partial charge in [0.2, 0.25) is 10.0 Å². The second kappa shape index (κ2) is 9.72. The third-order valence-electron chi connectivity index (χ3n) is 4.32. The molecule has 0 radical (unpaired) electrons. The fraction of sp³-hybridized carbons (Fsp3) is 0.588. The molecule has 1 heterocycles. The minimum atomic E-state index is -3.14. The Kier molecular flexibility index (Phi) is 7.65. The van der Waals surface area contributed by atoms with E-state index < -0.39 is 10.0 Å². The SMILES string of the molecule is CCS(=O)(=O)NCCCNC(=NC)N1CCN(c2ccccc2F)CC1. The Morgan fingerprint density at radius 3 is 2.50 bits per heavy atom. The Morgan fingerprint density at radius 2 is 1.88 bits per heavy atom. The molecular formula is C17H28FN5O2S. The maximum Gasteiger partial charge on any atom is 0.211 e. The van der Waals surface area contributed by atoms with Crippen LogP contribution in [0.4, 0.5) is 10.1 Å². The van der Waals surface area contributed by atoms with Crippen LogP contribution >= 0.6 is 0 Å². The molecule has 0 amide bonds. The first-order valence-corrected chi connectivity index (χ1v) is 10.5. The van der Waals surface area contributed by atoms with E-state index in [2.05, 4.69) is 19.9 Å². The van der Waals surface area contributed by atoms with Crippen molar-refractivity contribution in [2.75, 3.05) is 57.0 Å². The number of rotatable bonds is 7. The van der Waals surface area contributed by atoms with Crippen molar-refractivity contribution in [1.29, 1.82) is 0 Å². The fourth-order valence-electron chi connectivity index (χ4n) is 2.82. The Balaban J connectivity index is 1.75. The van der Waals surface area contributed by atoms with Crippen molar-refractivity contribution in [2.24, 2.45) is 4.99 Å². The van der Waals surface area contributed by atoms with Crippen LogP contribution in [0.25, 0.3) is 0 Å². The average molecular weight is 386 g/mol. The summed E-state index contributed by atoms with van der Waals surface area (Å²) >= 11 is 0. The molecule has 0 aliphatic carbocycles. The maximum atomic E-state index is 13.9. The van der Waals surface area contributed by atoms with Gasteiger partial charge in [0.25, 0.3) is 0 Å². The predicted molar refractivity (Wildman–Crippen MR) is 104 cm³/mol. The second-order valence-electron chi connectivity index (χ2n) is 6.05. The van der Waals surface area contributed by atoms with Crippen LogP contribution in [0.3, 0.4) is 0 Å². The van der Waals surface area contributed by atoms with Crippen LogP contribution in [0.5, 0.6) is 0 Å². The zero-order valence-corrected chi connectivity index (χ0v) is 16.2. The minimum Gasteiger partial charge on any atom is -0.366 e. The van der Waals surface area contributed by atoms with E-state index in [1.54, 1.807) is 26.1 Å². The van der Waals surface area contributed by atoms with Crippen molar-refractivity contribution in [1.82, 2.24) is 14.9 Å². The highest BCUT2D eigenvalue weighted by atomic mass is 32.2. The Labute approximate surface area is 155 Å². The molecule has 1 fully saturated rings. The van der Waals surface area contributed by atoms with E-state index in [-0.39, 0.29) is 11.6 Å². The smallest absolute Gasteiger partial charge is 0.211 e. The zero-order chi connectivity index (χ0) is 19.0. The summed E-state index contributed by atoms with van der Waals surface area (Å²) in [6.45, 7) is 5.58. The summed E-state index contributed by atoms with van der Waals surface area (Å²) in [5, 5.41) is 3.26. The van der Waals surface area contributed by atoms with Crippen molar-refractivity contribution in [3.05, 3.63) is 30.1 Å². The molecule has 1 aliphatic heterocycles. The van der Waals surface area contributed by atoms with Crippen molar-refractivity contribution < 1.29 is 12.8 Å². The van der Waals surface area contributed by atoms with Gasteiger partial charge < -0.3 is 15.1 Å². The van der Waals surface area contributed by atoms with Crippen LogP contribution in [-0.4, -0.2) is 71.3 Å². The number of para-hydroxylation sites is 1. The third kappa shape index (κ3) is 5.84. The van der Waals surface area contributed by atoms with Gasteiger partial charge in [0.15, 0.2) is 5.96 Å². The van der Waals surface area contributed by atoms with Crippen LogP contribution in [0.1, 0.15) is 13.3 Å². The number of nitrogens with one attached hydrogen (secondary N) is 2. The number of halogens is 1. The number of guanidine groups is 1. The van der Waals surface area contributed by atoms with Crippen molar-refractivity contribution in [2.45, 2.75) is 13.3 Å². The molecule has 7 nitrogen and oxygen atoms in total. The molecule has 1 aliphatic rings. The highest BCUT2D eigenvalue weighted by Crippen LogP contribution is 2.20. The highest BCUT2D eigenvalue weighted by Gasteiger charge is 2.21. The Bertz CT molecular complexity index is 703. The second-order valence-corrected chi connectivity index (χ2v) is 8.15. The van der Waals surface area contributed by atoms with Crippen molar-refractivity contribution >= 4 is 21.7 Å². The first-order valence-electron chi connectivity index (χ1n) is 8.89. The summed E-state index contributed by atoms with van der Waals surface area (Å²) < 4.78 is 39.2. The molecule has 1 aromatic rings. The van der Waals surface area contributed by atoms with E-state index >= 15 is 0 Å². The molecule has 0 unspecified atom stereocenters. The quantitative estimate of drug-likeness (QED) is 0.413. The van der Waals surface area contributed by atoms with Crippen LogP contribution in [0.15, 0.2) is 29.3 Å². The largest absolute Gasteiger partial charge is 0.366 e. The topological polar surface area (TPSA) is 77.0 Å². The van der Waals surface area contributed by atoms with Gasteiger partial charge in [-0.2, -0.15) is 0 Å². The van der Waals surface area contributed by atoms with E-state index in [1.807, 2.05) is 11.0 Å². The average Bonchev–Trinajstić information content (AvgIpc) is 2.65. The van der Waals surface area contributed by atoms with E-state index in [0.29, 0.717) is 25.2 Å². The summed E-state index contributed by atoms with van der Waals surface area (Å²) in [6.07, 6.45) is 0.674. The molecule has 9 heteroatoms. The molecular weight excluding hydrogens is 357 g/mol. The van der Waals surface area contributed by atoms with Gasteiger partial charge in [-0.05, 0) is 25.5 Å². The lowest BCUT2D eigenvalue weighted by Crippen LogP contribution is -2.53. The van der Waals surface area contributed by atoms with Gasteiger partial charge in [0.05, 0.1) is 11.4 Å². The molecule has 1 saturated heterocycles. The minimum absolute atomic E-state index is 0.0917. The summed E-state index contributed by atoms with van der Waals surface area (Å²) in [5.74, 6) is 0.684. The third-order valence-corrected chi connectivity index (χ3v) is 5.73. The molecule has 1 aromatic carbocycles. The highest BCUT2D eigenvalue weighted by molar-refractivity contribution is 7.89. The van der Waals surface area contributed by atoms with Crippen LogP contribution < -0.4 is 14.9 Å². The van der Waals surface area contributed by atoms with Crippen molar-refractivity contribution in [3.63, 3.8) is 0 Å². The Hall–Kier alpha value is -1.87. The van der Waals surface area contributed by atoms with Crippen LogP contribution in [-0.2, 0) is 10.0 Å². The molecule has 2 N–H and O–H groups in total. The molecule has 0 atom stereocenters. The number of anilines is 1. The molecule has 0 aromatic heterocycles. The van der Waals surface area contributed by atoms with Crippen LogP contribution in [0, 0.1) is 5.82 Å². The normalized spacial score (nSPS) is 16.0. The maximum absolute atomic E-state index is 13.9. The molecule has 0 saturated carbocycles. The lowest BCUT2D eigenvalue weighted by Gasteiger charge is -2.37. The van der Waals surface area contributed by atoms with E-state index in [0.717, 1.165) is 32.1 Å². The zero-order valence-electron chi connectivity index (χ0n) is 15.4. The first kappa shape index (κ1) is 20.4. The molecule has 146 valence electrons. The van der Waals surface area contributed by atoms with Crippen molar-refractivity contribution in [3.8, 4) is 0 Å². The number of benzene rings is 1. The summed E-state index contributed by atoms with van der Waals surface area (Å²) in [7, 11) is -1.41. The van der Waals surface area contributed by atoms with Crippen LogP contribution in [0.2, 0.25) is 0 Å². The lowest BCUT2D eigenvalue weighted by atomic mass is 10.2. The van der Waals surface area contributed by atoms with Gasteiger partial charge >= 0.3 is 0 Å². The van der Waals surface area contributed by atoms with E-state index in [1.165, 1.54) is 6.07 Å². The first-order chi connectivity index (χ1) is 12.5. The number of piperazine rings is 1. The monoisotopic (exact) mass is 385 g/mol. The summed E-state index contributed by atoms with van der Waals surface area (Å²) in [5.41, 5.74) is 0.637. The number of nitrogens with zero attached hydrogens (tertiary/aromatic N) is 3. The summed E-state index contributed by atoms with van der Waals surface area (Å²) in [4.78, 5) is 8.46. The van der Waals surface area contributed by atoms with Gasteiger partial charge in [-0.1, -0.05) is 12.1 Å². The molecule has 2 rings (SSSR count). The van der Waals surface area contributed by atoms with Gasteiger partial charge in [-0.3, -0.25) is 4.99 Å². The predicted octanol–water partition coefficient (Wildman–Crippen LogP) is 0.853. The summed E-state index contributed by atoms with van der Waals surface area (Å²) in [6, 6.07) is 6.82. The van der Waals surface area contributed by atoms with Gasteiger partial charge in [-0.25, -0.2) is 17.5 Å². The number of hydrogen-bond acceptors (Lipinski definition) is 4. The Morgan fingerprint density at radius 1 is 1.19 bits per heavy atom. The van der Waals surface area contributed by atoms with E-state index in [9.17, 15) is 12.8 Å². The van der Waals surface area contributed by atoms with E-state index in [4.69, 9.17) is 0 Å². The number of aliphatic imine (C=N–C) groups is 1. The fourth-order valence-corrected chi connectivity index (χ4v) is 3.48. The standard InChI is InChI=1S/C17H28FN5O2S/c1-3-26(24,25)21-10-6-9-20-17(19-2)23-13-11-22(12-14-23)16-8-5-4-7-15(16)18/h4-5,7-8,21H,3,6,9-14H2,1-2H3,(H,19,20). The van der Waals surface area contributed by atoms with Gasteiger partial charge in [0.1, 0.15) is 5.82 Å². The molecule has 26 heavy (non-hydrogen) atoms. The van der Waals surface area contributed by atoms with Gasteiger partial charge in [0, 0.05) is 46.3 Å². The van der Waals surface area contributed by atoms with Gasteiger partial charge in [-0.15, -0.1) is 0 Å². The lowest BCUT2D eigenvalue weighted by molar-refractivity contribution is 0.370. The number of sulfonamides is 1. The number of hydrogen-bond donors (Lipinski definition) is 2.